The van der Waals surface area contributed by atoms with Crippen molar-refractivity contribution >= 4 is 22.7 Å². The zero-order valence-corrected chi connectivity index (χ0v) is 17.4. The predicted molar refractivity (Wildman–Crippen MR) is 112 cm³/mol. The molecule has 1 aliphatic rings. The summed E-state index contributed by atoms with van der Waals surface area (Å²) in [5.74, 6) is 0.142. The van der Waals surface area contributed by atoms with E-state index in [1.165, 1.54) is 12.1 Å². The van der Waals surface area contributed by atoms with Gasteiger partial charge in [0.2, 0.25) is 5.91 Å². The summed E-state index contributed by atoms with van der Waals surface area (Å²) < 4.78 is 25.2. The Hall–Kier alpha value is -1.96. The van der Waals surface area contributed by atoms with Crippen LogP contribution in [0.1, 0.15) is 38.2 Å². The molecule has 1 aromatic rings. The maximum atomic E-state index is 13.1. The van der Waals surface area contributed by atoms with Gasteiger partial charge in [-0.15, -0.1) is 0 Å². The van der Waals surface area contributed by atoms with Crippen LogP contribution in [0.2, 0.25) is 0 Å². The molecule has 0 radical (unpaired) electrons. The molecule has 1 aromatic carbocycles. The maximum absolute atomic E-state index is 13.1. The van der Waals surface area contributed by atoms with E-state index in [1.54, 1.807) is 19.2 Å². The summed E-state index contributed by atoms with van der Waals surface area (Å²) in [7, 11) is 0.899. The first-order chi connectivity index (χ1) is 13.4. The van der Waals surface area contributed by atoms with E-state index in [4.69, 9.17) is 5.73 Å². The Labute approximate surface area is 169 Å². The Kier molecular flexibility index (Phi) is 8.89. The first-order valence-electron chi connectivity index (χ1n) is 9.81. The van der Waals surface area contributed by atoms with Gasteiger partial charge in [0.25, 0.3) is 0 Å². The fraction of sp³-hybridized carbons (Fsp3) is 0.600. The van der Waals surface area contributed by atoms with Gasteiger partial charge in [-0.25, -0.2) is 4.39 Å². The van der Waals surface area contributed by atoms with Crippen molar-refractivity contribution < 1.29 is 13.4 Å². The lowest BCUT2D eigenvalue weighted by Gasteiger charge is -2.30. The van der Waals surface area contributed by atoms with Crippen LogP contribution in [0.25, 0.3) is 0 Å². The first-order valence-corrected chi connectivity index (χ1v) is 11.2. The second kappa shape index (κ2) is 11.1. The quantitative estimate of drug-likeness (QED) is 0.449. The fourth-order valence-electron chi connectivity index (χ4n) is 3.54. The zero-order valence-electron chi connectivity index (χ0n) is 16.6. The normalized spacial score (nSPS) is 22.3. The Morgan fingerprint density at radius 1 is 1.36 bits per heavy atom. The number of rotatable bonds is 8. The average Bonchev–Trinajstić information content (AvgIpc) is 2.70. The number of halogens is 1. The van der Waals surface area contributed by atoms with Crippen molar-refractivity contribution in [1.29, 1.82) is 0 Å². The molecule has 2 rings (SSSR count). The zero-order chi connectivity index (χ0) is 20.5. The highest BCUT2D eigenvalue weighted by Crippen LogP contribution is 2.23. The Morgan fingerprint density at radius 3 is 2.68 bits per heavy atom. The summed E-state index contributed by atoms with van der Waals surface area (Å²) >= 11 is 0. The lowest BCUT2D eigenvalue weighted by molar-refractivity contribution is -0.121. The predicted octanol–water partition coefficient (Wildman–Crippen LogP) is 1.71. The topological polar surface area (TPSA) is 96.6 Å². The minimum absolute atomic E-state index is 0.213. The molecule has 1 aliphatic carbocycles. The molecule has 0 heterocycles. The number of nitrogens with two attached hydrogens (primary N) is 1. The van der Waals surface area contributed by atoms with Gasteiger partial charge in [0.15, 0.2) is 5.96 Å². The number of nitrogens with zero attached hydrogens (tertiary/aromatic N) is 1. The average molecular weight is 411 g/mol. The second-order valence-electron chi connectivity index (χ2n) is 7.18. The molecule has 156 valence electrons. The second-order valence-corrected chi connectivity index (χ2v) is 9.19. The van der Waals surface area contributed by atoms with Gasteiger partial charge in [-0.3, -0.25) is 14.0 Å². The first kappa shape index (κ1) is 22.3. The van der Waals surface area contributed by atoms with E-state index < -0.39 is 22.6 Å². The molecule has 4 atom stereocenters. The minimum Gasteiger partial charge on any atom is -0.369 e. The molecule has 1 fully saturated rings. The van der Waals surface area contributed by atoms with Crippen LogP contribution in [0.4, 0.5) is 4.39 Å². The third-order valence-corrected chi connectivity index (χ3v) is 6.90. The summed E-state index contributed by atoms with van der Waals surface area (Å²) in [6, 6.07) is 6.29. The van der Waals surface area contributed by atoms with E-state index in [1.807, 2.05) is 6.92 Å². The number of guanidine groups is 1. The van der Waals surface area contributed by atoms with Gasteiger partial charge in [-0.2, -0.15) is 0 Å². The summed E-state index contributed by atoms with van der Waals surface area (Å²) in [6.45, 7) is 2.29. The van der Waals surface area contributed by atoms with Gasteiger partial charge < -0.3 is 16.4 Å². The molecule has 8 heteroatoms. The molecule has 4 unspecified atom stereocenters. The molecule has 1 saturated carbocycles. The van der Waals surface area contributed by atoms with Crippen molar-refractivity contribution in [2.24, 2.45) is 16.6 Å². The van der Waals surface area contributed by atoms with Crippen molar-refractivity contribution in [2.45, 2.75) is 50.3 Å². The minimum atomic E-state index is -0.781. The molecular formula is C20H31FN4O2S. The van der Waals surface area contributed by atoms with E-state index in [0.29, 0.717) is 24.7 Å². The van der Waals surface area contributed by atoms with Gasteiger partial charge >= 0.3 is 0 Å². The molecule has 0 spiro atoms. The number of primary amides is 1. The van der Waals surface area contributed by atoms with Crippen LogP contribution in [0.5, 0.6) is 0 Å². The van der Waals surface area contributed by atoms with Crippen LogP contribution in [0, 0.1) is 11.7 Å². The van der Waals surface area contributed by atoms with Gasteiger partial charge in [-0.05, 0) is 43.4 Å². The van der Waals surface area contributed by atoms with E-state index in [0.717, 1.165) is 31.2 Å². The van der Waals surface area contributed by atoms with Crippen LogP contribution in [0.3, 0.4) is 0 Å². The lowest BCUT2D eigenvalue weighted by Crippen LogP contribution is -2.48. The Balaban J connectivity index is 1.89. The molecule has 0 aromatic heterocycles. The highest BCUT2D eigenvalue weighted by atomic mass is 32.2. The number of carbonyl (C=O) groups is 1. The lowest BCUT2D eigenvalue weighted by atomic mass is 9.95. The number of hydrogen-bond acceptors (Lipinski definition) is 3. The van der Waals surface area contributed by atoms with Crippen LogP contribution in [-0.4, -0.2) is 46.7 Å². The smallest absolute Gasteiger partial charge is 0.222 e. The number of aliphatic imine (C=N–C) groups is 1. The highest BCUT2D eigenvalue weighted by molar-refractivity contribution is 7.85. The third kappa shape index (κ3) is 6.89. The number of benzene rings is 1. The van der Waals surface area contributed by atoms with Crippen molar-refractivity contribution in [3.63, 3.8) is 0 Å². The Bertz CT molecular complexity index is 696. The van der Waals surface area contributed by atoms with Crippen LogP contribution in [0.15, 0.2) is 29.3 Å². The SMILES string of the molecule is CCS(=O)C1CCCC(NC(=NC)NCC(Cc2ccc(F)cc2)C(N)=O)C1. The summed E-state index contributed by atoms with van der Waals surface area (Å²) in [4.78, 5) is 16.1. The van der Waals surface area contributed by atoms with E-state index in [-0.39, 0.29) is 17.1 Å². The standard InChI is InChI=1S/C20H31FN4O2S/c1-3-28(27)18-6-4-5-17(12-18)25-20(23-2)24-13-15(19(22)26)11-14-7-9-16(21)10-8-14/h7-10,15,17-18H,3-6,11-13H2,1-2H3,(H2,22,26)(H2,23,24,25). The number of hydrogen-bond donors (Lipinski definition) is 3. The van der Waals surface area contributed by atoms with Crippen LogP contribution < -0.4 is 16.4 Å². The number of nitrogens with one attached hydrogen (secondary N) is 2. The number of carbonyl (C=O) groups excluding carboxylic acids is 1. The van der Waals surface area contributed by atoms with E-state index in [9.17, 15) is 13.4 Å². The molecule has 0 bridgehead atoms. The van der Waals surface area contributed by atoms with Crippen molar-refractivity contribution in [1.82, 2.24) is 10.6 Å². The van der Waals surface area contributed by atoms with Crippen LogP contribution >= 0.6 is 0 Å². The number of amides is 1. The van der Waals surface area contributed by atoms with Crippen LogP contribution in [-0.2, 0) is 22.0 Å². The summed E-state index contributed by atoms with van der Waals surface area (Å²) in [6.07, 6.45) is 4.34. The monoisotopic (exact) mass is 410 g/mol. The van der Waals surface area contributed by atoms with Gasteiger partial charge in [0.05, 0.1) is 5.92 Å². The summed E-state index contributed by atoms with van der Waals surface area (Å²) in [5.41, 5.74) is 6.40. The fourth-order valence-corrected chi connectivity index (χ4v) is 4.88. The molecule has 1 amide bonds. The highest BCUT2D eigenvalue weighted by Gasteiger charge is 2.26. The van der Waals surface area contributed by atoms with Crippen molar-refractivity contribution in [3.05, 3.63) is 35.6 Å². The molecule has 0 aliphatic heterocycles. The maximum Gasteiger partial charge on any atom is 0.222 e. The third-order valence-electron chi connectivity index (χ3n) is 5.16. The van der Waals surface area contributed by atoms with E-state index in [2.05, 4.69) is 15.6 Å². The van der Waals surface area contributed by atoms with Gasteiger partial charge in [-0.1, -0.05) is 25.5 Å². The Morgan fingerprint density at radius 2 is 2.07 bits per heavy atom. The summed E-state index contributed by atoms with van der Waals surface area (Å²) in [5, 5.41) is 6.79. The van der Waals surface area contributed by atoms with Crippen molar-refractivity contribution in [3.8, 4) is 0 Å². The molecule has 28 heavy (non-hydrogen) atoms. The molecule has 0 saturated heterocycles. The van der Waals surface area contributed by atoms with E-state index >= 15 is 0 Å². The van der Waals surface area contributed by atoms with Crippen molar-refractivity contribution in [2.75, 3.05) is 19.3 Å². The largest absolute Gasteiger partial charge is 0.369 e. The molecular weight excluding hydrogens is 379 g/mol. The molecule has 4 N–H and O–H groups in total. The van der Waals surface area contributed by atoms with Gasteiger partial charge in [0.1, 0.15) is 5.82 Å². The van der Waals surface area contributed by atoms with Gasteiger partial charge in [0, 0.05) is 41.4 Å². The molecule has 6 nitrogen and oxygen atoms in total.